The number of ether oxygens (including phenoxy) is 6. The van der Waals surface area contributed by atoms with E-state index in [0.717, 1.165) is 0 Å². The summed E-state index contributed by atoms with van der Waals surface area (Å²) in [4.78, 5) is 24.0. The van der Waals surface area contributed by atoms with Gasteiger partial charge in [0, 0.05) is 12.1 Å². The summed E-state index contributed by atoms with van der Waals surface area (Å²) in [6.07, 6.45) is -2.05. The van der Waals surface area contributed by atoms with E-state index < -0.39 is 24.0 Å². The molecule has 3 heterocycles. The van der Waals surface area contributed by atoms with E-state index in [9.17, 15) is 9.59 Å². The standard InChI is InChI=1S/C23H32N2O8/c1-22(2)30-17-15(29-21-19(18(17)31-22)32-23(3,4)33-21)13-28-11-10-24-16(26)12-25-20(27)14-8-6-5-7-9-14/h5-9,15,17-19,21H,10-13H2,1-4H3,(H,24,26)(H,25,27). The van der Waals surface area contributed by atoms with Gasteiger partial charge in [-0.3, -0.25) is 9.59 Å². The molecule has 4 rings (SSSR count). The summed E-state index contributed by atoms with van der Waals surface area (Å²) < 4.78 is 35.8. The highest BCUT2D eigenvalue weighted by molar-refractivity contribution is 5.96. The number of amides is 2. The van der Waals surface area contributed by atoms with Gasteiger partial charge in [0.15, 0.2) is 17.9 Å². The third-order valence-electron chi connectivity index (χ3n) is 5.55. The third kappa shape index (κ3) is 5.89. The largest absolute Gasteiger partial charge is 0.377 e. The summed E-state index contributed by atoms with van der Waals surface area (Å²) in [7, 11) is 0. The molecule has 0 aliphatic carbocycles. The Bertz CT molecular complexity index is 846. The van der Waals surface area contributed by atoms with Crippen LogP contribution in [0.15, 0.2) is 30.3 Å². The molecule has 3 aliphatic rings. The lowest BCUT2D eigenvalue weighted by Gasteiger charge is -2.37. The molecule has 5 atom stereocenters. The highest BCUT2D eigenvalue weighted by Gasteiger charge is 2.60. The molecule has 0 aromatic heterocycles. The van der Waals surface area contributed by atoms with Crippen molar-refractivity contribution in [1.29, 1.82) is 0 Å². The molecule has 1 aromatic carbocycles. The second-order valence-corrected chi connectivity index (χ2v) is 9.18. The fraction of sp³-hybridized carbons (Fsp3) is 0.652. The zero-order valence-electron chi connectivity index (χ0n) is 19.4. The van der Waals surface area contributed by atoms with Crippen LogP contribution in [0.1, 0.15) is 38.1 Å². The highest BCUT2D eigenvalue weighted by atomic mass is 16.9. The highest BCUT2D eigenvalue weighted by Crippen LogP contribution is 2.44. The predicted molar refractivity (Wildman–Crippen MR) is 115 cm³/mol. The van der Waals surface area contributed by atoms with E-state index in [-0.39, 0.29) is 49.9 Å². The zero-order valence-corrected chi connectivity index (χ0v) is 19.4. The lowest BCUT2D eigenvalue weighted by Crippen LogP contribution is -2.56. The van der Waals surface area contributed by atoms with Crippen molar-refractivity contribution in [2.75, 3.05) is 26.3 Å². The van der Waals surface area contributed by atoms with Crippen LogP contribution in [0.25, 0.3) is 0 Å². The average Bonchev–Trinajstić information content (AvgIpc) is 3.26. The van der Waals surface area contributed by atoms with Gasteiger partial charge in [0.2, 0.25) is 5.91 Å². The van der Waals surface area contributed by atoms with Crippen LogP contribution in [0, 0.1) is 0 Å². The first-order valence-corrected chi connectivity index (χ1v) is 11.2. The number of hydrogen-bond acceptors (Lipinski definition) is 8. The van der Waals surface area contributed by atoms with Crippen LogP contribution in [0.4, 0.5) is 0 Å². The second-order valence-electron chi connectivity index (χ2n) is 9.18. The molecule has 10 nitrogen and oxygen atoms in total. The third-order valence-corrected chi connectivity index (χ3v) is 5.55. The molecule has 10 heteroatoms. The lowest BCUT2D eigenvalue weighted by molar-refractivity contribution is -0.242. The Morgan fingerprint density at radius 1 is 0.909 bits per heavy atom. The number of hydrogen-bond donors (Lipinski definition) is 2. The maximum Gasteiger partial charge on any atom is 0.251 e. The Labute approximate surface area is 193 Å². The Balaban J connectivity index is 1.19. The zero-order chi connectivity index (χ0) is 23.6. The summed E-state index contributed by atoms with van der Waals surface area (Å²) in [6, 6.07) is 8.72. The minimum absolute atomic E-state index is 0.111. The van der Waals surface area contributed by atoms with Gasteiger partial charge >= 0.3 is 0 Å². The lowest BCUT2D eigenvalue weighted by atomic mass is 9.99. The second kappa shape index (κ2) is 9.65. The molecule has 0 bridgehead atoms. The van der Waals surface area contributed by atoms with Gasteiger partial charge in [-0.1, -0.05) is 18.2 Å². The number of carbonyl (C=O) groups excluding carboxylic acids is 2. The van der Waals surface area contributed by atoms with Gasteiger partial charge in [-0.05, 0) is 39.8 Å². The first kappa shape index (κ1) is 24.1. The molecule has 0 saturated carbocycles. The molecule has 0 radical (unpaired) electrons. The SMILES string of the molecule is CC1(C)OC2OC(COCCNC(=O)CNC(=O)c3ccccc3)C3OC(C)(C)OC3C2O1. The molecule has 33 heavy (non-hydrogen) atoms. The van der Waals surface area contributed by atoms with Crippen molar-refractivity contribution in [3.05, 3.63) is 35.9 Å². The van der Waals surface area contributed by atoms with E-state index in [1.165, 1.54) is 0 Å². The molecule has 0 spiro atoms. The van der Waals surface area contributed by atoms with Gasteiger partial charge in [0.25, 0.3) is 5.91 Å². The van der Waals surface area contributed by atoms with Crippen LogP contribution in [0.2, 0.25) is 0 Å². The average molecular weight is 465 g/mol. The van der Waals surface area contributed by atoms with Crippen molar-refractivity contribution in [3.63, 3.8) is 0 Å². The molecule has 1 aromatic rings. The van der Waals surface area contributed by atoms with Gasteiger partial charge < -0.3 is 39.1 Å². The van der Waals surface area contributed by atoms with Crippen molar-refractivity contribution in [3.8, 4) is 0 Å². The predicted octanol–water partition coefficient (Wildman–Crippen LogP) is 0.946. The van der Waals surface area contributed by atoms with Crippen molar-refractivity contribution >= 4 is 11.8 Å². The minimum Gasteiger partial charge on any atom is -0.377 e. The van der Waals surface area contributed by atoms with E-state index in [1.54, 1.807) is 24.3 Å². The Kier molecular flexibility index (Phi) is 7.04. The molecule has 3 saturated heterocycles. The summed E-state index contributed by atoms with van der Waals surface area (Å²) in [5.74, 6) is -2.13. The Hall–Kier alpha value is -2.08. The Morgan fingerprint density at radius 3 is 2.33 bits per heavy atom. The van der Waals surface area contributed by atoms with E-state index in [2.05, 4.69) is 10.6 Å². The number of carbonyl (C=O) groups is 2. The molecular formula is C23H32N2O8. The van der Waals surface area contributed by atoms with Crippen LogP contribution in [0.5, 0.6) is 0 Å². The first-order chi connectivity index (χ1) is 15.6. The summed E-state index contributed by atoms with van der Waals surface area (Å²) in [6.45, 7) is 8.08. The number of rotatable bonds is 8. The van der Waals surface area contributed by atoms with Crippen molar-refractivity contribution in [2.24, 2.45) is 0 Å². The van der Waals surface area contributed by atoms with Crippen molar-refractivity contribution in [2.45, 2.75) is 70.0 Å². The molecular weight excluding hydrogens is 432 g/mol. The fourth-order valence-corrected chi connectivity index (χ4v) is 4.20. The van der Waals surface area contributed by atoms with Gasteiger partial charge in [-0.15, -0.1) is 0 Å². The number of fused-ring (bicyclic) bond motifs is 3. The molecule has 182 valence electrons. The summed E-state index contributed by atoms with van der Waals surface area (Å²) >= 11 is 0. The van der Waals surface area contributed by atoms with Gasteiger partial charge in [0.1, 0.15) is 24.4 Å². The van der Waals surface area contributed by atoms with Crippen LogP contribution in [0.3, 0.4) is 0 Å². The van der Waals surface area contributed by atoms with Crippen LogP contribution < -0.4 is 10.6 Å². The minimum atomic E-state index is -0.772. The number of benzene rings is 1. The van der Waals surface area contributed by atoms with Crippen LogP contribution in [-0.2, 0) is 33.2 Å². The van der Waals surface area contributed by atoms with E-state index >= 15 is 0 Å². The topological polar surface area (TPSA) is 114 Å². The summed E-state index contributed by atoms with van der Waals surface area (Å²) in [5.41, 5.74) is 0.503. The normalized spacial score (nSPS) is 31.5. The van der Waals surface area contributed by atoms with Crippen LogP contribution >= 0.6 is 0 Å². The van der Waals surface area contributed by atoms with Crippen LogP contribution in [-0.4, -0.2) is 80.4 Å². The molecule has 2 amide bonds. The van der Waals surface area contributed by atoms with Gasteiger partial charge in [-0.25, -0.2) is 0 Å². The quantitative estimate of drug-likeness (QED) is 0.547. The monoisotopic (exact) mass is 464 g/mol. The molecule has 2 N–H and O–H groups in total. The van der Waals surface area contributed by atoms with Crippen molar-refractivity contribution < 1.29 is 38.0 Å². The van der Waals surface area contributed by atoms with E-state index in [1.807, 2.05) is 33.8 Å². The van der Waals surface area contributed by atoms with E-state index in [0.29, 0.717) is 12.1 Å². The van der Waals surface area contributed by atoms with Gasteiger partial charge in [0.05, 0.1) is 19.8 Å². The maximum absolute atomic E-state index is 12.0. The number of nitrogens with one attached hydrogen (secondary N) is 2. The first-order valence-electron chi connectivity index (χ1n) is 11.2. The van der Waals surface area contributed by atoms with E-state index in [4.69, 9.17) is 28.4 Å². The van der Waals surface area contributed by atoms with Gasteiger partial charge in [-0.2, -0.15) is 0 Å². The Morgan fingerprint density at radius 2 is 1.58 bits per heavy atom. The maximum atomic E-state index is 12.0. The van der Waals surface area contributed by atoms with Crippen molar-refractivity contribution in [1.82, 2.24) is 10.6 Å². The summed E-state index contributed by atoms with van der Waals surface area (Å²) in [5, 5.41) is 5.30. The smallest absolute Gasteiger partial charge is 0.251 e. The molecule has 5 unspecified atom stereocenters. The fourth-order valence-electron chi connectivity index (χ4n) is 4.20. The molecule has 3 aliphatic heterocycles. The molecule has 3 fully saturated rings.